The number of hydrogen-bond donors (Lipinski definition) is 0. The van der Waals surface area contributed by atoms with Gasteiger partial charge in [-0.15, -0.1) is 22.9 Å². The lowest BCUT2D eigenvalue weighted by atomic mass is 9.95. The van der Waals surface area contributed by atoms with Gasteiger partial charge in [-0.2, -0.15) is 13.2 Å². The van der Waals surface area contributed by atoms with Gasteiger partial charge < -0.3 is 0 Å². The summed E-state index contributed by atoms with van der Waals surface area (Å²) >= 11 is 7.90. The van der Waals surface area contributed by atoms with Crippen LogP contribution in [0.3, 0.4) is 0 Å². The summed E-state index contributed by atoms with van der Waals surface area (Å²) in [7, 11) is 0. The van der Waals surface area contributed by atoms with Crippen molar-refractivity contribution in [3.63, 3.8) is 0 Å². The summed E-state index contributed by atoms with van der Waals surface area (Å²) in [6.45, 7) is 6.28. The van der Waals surface area contributed by atoms with Gasteiger partial charge in [0.1, 0.15) is 0 Å². The van der Waals surface area contributed by atoms with Crippen molar-refractivity contribution in [3.05, 3.63) is 57.3 Å². The third kappa shape index (κ3) is 3.80. The second-order valence-corrected chi connectivity index (χ2v) is 7.49. The zero-order valence-electron chi connectivity index (χ0n) is 12.0. The van der Waals surface area contributed by atoms with E-state index in [0.29, 0.717) is 5.56 Å². The number of thiophene rings is 1. The van der Waals surface area contributed by atoms with Gasteiger partial charge in [0, 0.05) is 9.75 Å². The Morgan fingerprint density at radius 3 is 2.24 bits per heavy atom. The van der Waals surface area contributed by atoms with Crippen LogP contribution in [-0.4, -0.2) is 0 Å². The summed E-state index contributed by atoms with van der Waals surface area (Å²) in [6.07, 6.45) is -4.35. The molecule has 114 valence electrons. The summed E-state index contributed by atoms with van der Waals surface area (Å²) in [5, 5.41) is -0.562. The van der Waals surface area contributed by atoms with Gasteiger partial charge in [-0.1, -0.05) is 32.9 Å². The minimum absolute atomic E-state index is 0.00729. The maximum absolute atomic E-state index is 12.8. The zero-order valence-corrected chi connectivity index (χ0v) is 13.5. The standard InChI is InChI=1S/C16H16ClF3S/c1-15(2,3)13-8-7-12(21-13)14(17)10-5-4-6-11(9-10)16(18,19)20/h4-9,14H,1-3H3. The Balaban J connectivity index is 2.32. The average molecular weight is 333 g/mol. The second-order valence-electron chi connectivity index (χ2n) is 5.94. The number of hydrogen-bond acceptors (Lipinski definition) is 1. The highest BCUT2D eigenvalue weighted by atomic mass is 35.5. The van der Waals surface area contributed by atoms with Gasteiger partial charge in [0.05, 0.1) is 10.9 Å². The van der Waals surface area contributed by atoms with Crippen LogP contribution in [0.5, 0.6) is 0 Å². The minimum Gasteiger partial charge on any atom is -0.166 e. The Hall–Kier alpha value is -1.00. The van der Waals surface area contributed by atoms with E-state index in [1.807, 2.05) is 12.1 Å². The molecule has 2 aromatic rings. The number of alkyl halides is 4. The normalized spacial score (nSPS) is 14.2. The molecule has 0 saturated heterocycles. The van der Waals surface area contributed by atoms with Crippen LogP contribution in [0.15, 0.2) is 36.4 Å². The molecule has 21 heavy (non-hydrogen) atoms. The Morgan fingerprint density at radius 1 is 1.05 bits per heavy atom. The van der Waals surface area contributed by atoms with Crippen LogP contribution < -0.4 is 0 Å². The largest absolute Gasteiger partial charge is 0.416 e. The molecule has 1 atom stereocenters. The van der Waals surface area contributed by atoms with Crippen LogP contribution in [0.1, 0.15) is 47.0 Å². The second kappa shape index (κ2) is 5.65. The van der Waals surface area contributed by atoms with E-state index in [0.717, 1.165) is 21.9 Å². The lowest BCUT2D eigenvalue weighted by molar-refractivity contribution is -0.137. The van der Waals surface area contributed by atoms with Crippen LogP contribution in [0, 0.1) is 0 Å². The smallest absolute Gasteiger partial charge is 0.166 e. The topological polar surface area (TPSA) is 0 Å². The maximum atomic E-state index is 12.8. The first-order chi connectivity index (χ1) is 9.59. The van der Waals surface area contributed by atoms with Gasteiger partial charge in [-0.3, -0.25) is 0 Å². The molecule has 0 aliphatic carbocycles. The van der Waals surface area contributed by atoms with Crippen LogP contribution in [0.4, 0.5) is 13.2 Å². The molecule has 1 aromatic heterocycles. The molecule has 0 fully saturated rings. The summed E-state index contributed by atoms with van der Waals surface area (Å²) in [6, 6.07) is 9.08. The third-order valence-corrected chi connectivity index (χ3v) is 5.31. The van der Waals surface area contributed by atoms with Crippen molar-refractivity contribution in [1.29, 1.82) is 0 Å². The van der Waals surface area contributed by atoms with E-state index in [9.17, 15) is 13.2 Å². The summed E-state index contributed by atoms with van der Waals surface area (Å²) in [4.78, 5) is 2.02. The van der Waals surface area contributed by atoms with Crippen molar-refractivity contribution in [2.75, 3.05) is 0 Å². The molecule has 1 aromatic carbocycles. The quantitative estimate of drug-likeness (QED) is 0.559. The fourth-order valence-corrected chi connectivity index (χ4v) is 3.34. The molecule has 0 aliphatic heterocycles. The monoisotopic (exact) mass is 332 g/mol. The van der Waals surface area contributed by atoms with Crippen molar-refractivity contribution in [3.8, 4) is 0 Å². The third-order valence-electron chi connectivity index (χ3n) is 3.12. The lowest BCUT2D eigenvalue weighted by Gasteiger charge is -2.16. The lowest BCUT2D eigenvalue weighted by Crippen LogP contribution is -2.07. The Labute approximate surface area is 131 Å². The van der Waals surface area contributed by atoms with Crippen molar-refractivity contribution >= 4 is 22.9 Å². The molecule has 0 amide bonds. The minimum atomic E-state index is -4.35. The molecule has 1 heterocycles. The molecule has 5 heteroatoms. The highest BCUT2D eigenvalue weighted by Crippen LogP contribution is 2.39. The molecular formula is C16H16ClF3S. The maximum Gasteiger partial charge on any atom is 0.416 e. The predicted octanol–water partition coefficient (Wildman–Crippen LogP) is 6.39. The Morgan fingerprint density at radius 2 is 1.71 bits per heavy atom. The zero-order chi connectivity index (χ0) is 15.8. The molecule has 0 N–H and O–H groups in total. The van der Waals surface area contributed by atoms with E-state index in [2.05, 4.69) is 20.8 Å². The fraction of sp³-hybridized carbons (Fsp3) is 0.375. The number of benzene rings is 1. The fourth-order valence-electron chi connectivity index (χ4n) is 1.93. The van der Waals surface area contributed by atoms with Crippen LogP contribution >= 0.6 is 22.9 Å². The van der Waals surface area contributed by atoms with Crippen molar-refractivity contribution in [2.45, 2.75) is 37.7 Å². The number of rotatable bonds is 2. The predicted molar refractivity (Wildman–Crippen MR) is 82.2 cm³/mol. The van der Waals surface area contributed by atoms with Gasteiger partial charge in [0.25, 0.3) is 0 Å². The summed E-state index contributed by atoms with van der Waals surface area (Å²) < 4.78 is 38.3. The van der Waals surface area contributed by atoms with Crippen molar-refractivity contribution in [2.24, 2.45) is 0 Å². The van der Waals surface area contributed by atoms with Crippen molar-refractivity contribution in [1.82, 2.24) is 0 Å². The van der Waals surface area contributed by atoms with Crippen LogP contribution in [0.2, 0.25) is 0 Å². The Bertz CT molecular complexity index is 623. The van der Waals surface area contributed by atoms with E-state index >= 15 is 0 Å². The van der Waals surface area contributed by atoms with Gasteiger partial charge in [0.15, 0.2) is 0 Å². The van der Waals surface area contributed by atoms with Gasteiger partial charge in [-0.25, -0.2) is 0 Å². The van der Waals surface area contributed by atoms with E-state index in [4.69, 9.17) is 11.6 Å². The highest BCUT2D eigenvalue weighted by Gasteiger charge is 2.31. The van der Waals surface area contributed by atoms with Crippen molar-refractivity contribution < 1.29 is 13.2 Å². The first-order valence-corrected chi connectivity index (χ1v) is 7.76. The van der Waals surface area contributed by atoms with Crippen LogP contribution in [-0.2, 0) is 11.6 Å². The average Bonchev–Trinajstić information content (AvgIpc) is 2.86. The first-order valence-electron chi connectivity index (χ1n) is 6.50. The highest BCUT2D eigenvalue weighted by molar-refractivity contribution is 7.12. The molecule has 0 radical (unpaired) electrons. The molecule has 0 spiro atoms. The molecular weight excluding hydrogens is 317 g/mol. The van der Waals surface area contributed by atoms with Crippen LogP contribution in [0.25, 0.3) is 0 Å². The van der Waals surface area contributed by atoms with E-state index in [-0.39, 0.29) is 5.41 Å². The SMILES string of the molecule is CC(C)(C)c1ccc(C(Cl)c2cccc(C(F)(F)F)c2)s1. The summed E-state index contributed by atoms with van der Waals surface area (Å²) in [5.74, 6) is 0. The summed E-state index contributed by atoms with van der Waals surface area (Å²) in [5.41, 5.74) is -0.195. The Kier molecular flexibility index (Phi) is 4.41. The van der Waals surface area contributed by atoms with Gasteiger partial charge in [0.2, 0.25) is 0 Å². The first kappa shape index (κ1) is 16.4. The molecule has 0 nitrogen and oxygen atoms in total. The molecule has 0 bridgehead atoms. The van der Waals surface area contributed by atoms with E-state index in [1.54, 1.807) is 17.4 Å². The molecule has 2 rings (SSSR count). The molecule has 0 aliphatic rings. The van der Waals surface area contributed by atoms with Gasteiger partial charge >= 0.3 is 6.18 Å². The van der Waals surface area contributed by atoms with E-state index < -0.39 is 17.1 Å². The molecule has 0 saturated carbocycles. The number of halogens is 4. The molecule has 1 unspecified atom stereocenters. The van der Waals surface area contributed by atoms with E-state index in [1.165, 1.54) is 6.07 Å². The van der Waals surface area contributed by atoms with Gasteiger partial charge in [-0.05, 0) is 35.2 Å².